The van der Waals surface area contributed by atoms with Crippen molar-refractivity contribution in [3.63, 3.8) is 0 Å². The molecule has 2 N–H and O–H groups in total. The number of hydrogen-bond donors (Lipinski definition) is 2. The molecule has 0 aromatic carbocycles. The molecule has 0 atom stereocenters. The molecule has 0 saturated heterocycles. The predicted molar refractivity (Wildman–Crippen MR) is 83.1 cm³/mol. The van der Waals surface area contributed by atoms with Crippen LogP contribution in [0.4, 0.5) is 0 Å². The summed E-state index contributed by atoms with van der Waals surface area (Å²) in [5, 5.41) is 8.85. The second-order valence-corrected chi connectivity index (χ2v) is 8.39. The number of aliphatic hydroxyl groups is 1. The van der Waals surface area contributed by atoms with E-state index in [1.54, 1.807) is 12.1 Å². The number of aliphatic hydroxyl groups excluding tert-OH is 1. The van der Waals surface area contributed by atoms with E-state index in [0.717, 1.165) is 17.7 Å². The Morgan fingerprint density at radius 3 is 2.76 bits per heavy atom. The summed E-state index contributed by atoms with van der Waals surface area (Å²) in [4.78, 5) is 0.872. The lowest BCUT2D eigenvalue weighted by molar-refractivity contribution is 0.0321. The second-order valence-electron chi connectivity index (χ2n) is 5.22. The van der Waals surface area contributed by atoms with Crippen LogP contribution in [0, 0.1) is 0 Å². The Bertz CT molecular complexity index is 521. The number of sulfonamides is 1. The van der Waals surface area contributed by atoms with E-state index < -0.39 is 10.0 Å². The Kier molecular flexibility index (Phi) is 6.63. The minimum absolute atomic E-state index is 0.0304. The van der Waals surface area contributed by atoms with Crippen LogP contribution >= 0.6 is 11.3 Å². The molecule has 21 heavy (non-hydrogen) atoms. The van der Waals surface area contributed by atoms with Crippen LogP contribution in [0.5, 0.6) is 0 Å². The van der Waals surface area contributed by atoms with E-state index in [0.29, 0.717) is 29.9 Å². The molecule has 5 nitrogen and oxygen atoms in total. The molecule has 0 bridgehead atoms. The van der Waals surface area contributed by atoms with Crippen molar-refractivity contribution in [2.24, 2.45) is 0 Å². The first-order valence-electron chi connectivity index (χ1n) is 7.42. The first kappa shape index (κ1) is 16.9. The van der Waals surface area contributed by atoms with Gasteiger partial charge in [0.05, 0.1) is 12.7 Å². The summed E-state index contributed by atoms with van der Waals surface area (Å²) >= 11 is 1.20. The monoisotopic (exact) mass is 333 g/mol. The highest BCUT2D eigenvalue weighted by molar-refractivity contribution is 7.91. The molecule has 7 heteroatoms. The number of thiophene rings is 1. The molecule has 0 unspecified atom stereocenters. The van der Waals surface area contributed by atoms with Crippen molar-refractivity contribution >= 4 is 21.4 Å². The van der Waals surface area contributed by atoms with Gasteiger partial charge in [0, 0.05) is 24.4 Å². The average Bonchev–Trinajstić information content (AvgIpc) is 2.95. The summed E-state index contributed by atoms with van der Waals surface area (Å²) in [5.74, 6) is 0. The van der Waals surface area contributed by atoms with Gasteiger partial charge in [0.25, 0.3) is 0 Å². The molecule has 1 aliphatic carbocycles. The third-order valence-electron chi connectivity index (χ3n) is 3.56. The van der Waals surface area contributed by atoms with Gasteiger partial charge < -0.3 is 9.84 Å². The van der Waals surface area contributed by atoms with Crippen molar-refractivity contribution < 1.29 is 18.3 Å². The molecule has 120 valence electrons. The normalized spacial score (nSPS) is 17.2. The van der Waals surface area contributed by atoms with Gasteiger partial charge in [-0.15, -0.1) is 11.3 Å². The van der Waals surface area contributed by atoms with Gasteiger partial charge in [-0.05, 0) is 25.0 Å². The van der Waals surface area contributed by atoms with Crippen LogP contribution in [-0.4, -0.2) is 39.4 Å². The number of rotatable bonds is 8. The summed E-state index contributed by atoms with van der Waals surface area (Å²) in [7, 11) is -3.45. The summed E-state index contributed by atoms with van der Waals surface area (Å²) in [6.45, 7) is 0.744. The number of hydrogen-bond acceptors (Lipinski definition) is 5. The van der Waals surface area contributed by atoms with Crippen molar-refractivity contribution in [3.8, 4) is 0 Å². The van der Waals surface area contributed by atoms with Crippen LogP contribution in [0.3, 0.4) is 0 Å². The summed E-state index contributed by atoms with van der Waals surface area (Å²) in [5.41, 5.74) is 0. The van der Waals surface area contributed by atoms with Crippen molar-refractivity contribution in [3.05, 3.63) is 17.0 Å². The van der Waals surface area contributed by atoms with E-state index in [2.05, 4.69) is 4.72 Å². The minimum Gasteiger partial charge on any atom is -0.396 e. The third kappa shape index (κ3) is 5.34. The van der Waals surface area contributed by atoms with Crippen LogP contribution in [0.1, 0.15) is 37.0 Å². The van der Waals surface area contributed by atoms with Crippen molar-refractivity contribution in [1.29, 1.82) is 0 Å². The van der Waals surface area contributed by atoms with Gasteiger partial charge in [-0.25, -0.2) is 13.1 Å². The smallest absolute Gasteiger partial charge is 0.250 e. The molecule has 0 amide bonds. The number of nitrogens with one attached hydrogen (secondary N) is 1. The maximum atomic E-state index is 12.1. The third-order valence-corrected chi connectivity index (χ3v) is 6.66. The van der Waals surface area contributed by atoms with E-state index in [9.17, 15) is 8.42 Å². The fourth-order valence-corrected chi connectivity index (χ4v) is 4.85. The quantitative estimate of drug-likeness (QED) is 0.713. The average molecular weight is 333 g/mol. The van der Waals surface area contributed by atoms with Crippen molar-refractivity contribution in [2.75, 3.05) is 19.8 Å². The number of ether oxygens (including phenoxy) is 1. The molecule has 1 heterocycles. The highest BCUT2D eigenvalue weighted by Crippen LogP contribution is 2.22. The SMILES string of the molecule is O=S(=O)(NCCOC1CCCCC1)c1ccc(CCO)s1. The van der Waals surface area contributed by atoms with E-state index in [4.69, 9.17) is 9.84 Å². The lowest BCUT2D eigenvalue weighted by atomic mass is 9.98. The standard InChI is InChI=1S/C14H23NO4S2/c16-10-8-13-6-7-14(20-13)21(17,18)15-9-11-19-12-4-2-1-3-5-12/h6-7,12,15-16H,1-5,8-11H2. The Labute approximate surface area is 130 Å². The zero-order chi connectivity index (χ0) is 15.1. The summed E-state index contributed by atoms with van der Waals surface area (Å²) < 4.78 is 32.7. The molecule has 1 aromatic heterocycles. The molecule has 0 radical (unpaired) electrons. The Hall–Kier alpha value is -0.470. The molecule has 2 rings (SSSR count). The molecular weight excluding hydrogens is 310 g/mol. The van der Waals surface area contributed by atoms with Crippen LogP contribution in [0.15, 0.2) is 16.3 Å². The summed E-state index contributed by atoms with van der Waals surface area (Å²) in [6.07, 6.45) is 6.65. The maximum absolute atomic E-state index is 12.1. The Morgan fingerprint density at radius 1 is 1.29 bits per heavy atom. The lowest BCUT2D eigenvalue weighted by Crippen LogP contribution is -2.29. The molecule has 1 fully saturated rings. The maximum Gasteiger partial charge on any atom is 0.250 e. The first-order chi connectivity index (χ1) is 10.1. The zero-order valence-electron chi connectivity index (χ0n) is 12.1. The second kappa shape index (κ2) is 8.24. The van der Waals surface area contributed by atoms with Gasteiger partial charge in [0.1, 0.15) is 4.21 Å². The topological polar surface area (TPSA) is 75.6 Å². The fourth-order valence-electron chi connectivity index (χ4n) is 2.45. The zero-order valence-corrected chi connectivity index (χ0v) is 13.7. The first-order valence-corrected chi connectivity index (χ1v) is 9.72. The highest BCUT2D eigenvalue weighted by Gasteiger charge is 2.17. The molecule has 0 aliphatic heterocycles. The molecule has 1 saturated carbocycles. The molecular formula is C14H23NO4S2. The molecule has 1 aliphatic rings. The van der Waals surface area contributed by atoms with Crippen LogP contribution in [0.2, 0.25) is 0 Å². The van der Waals surface area contributed by atoms with Gasteiger partial charge in [-0.1, -0.05) is 19.3 Å². The Balaban J connectivity index is 1.75. The van der Waals surface area contributed by atoms with Crippen LogP contribution in [0.25, 0.3) is 0 Å². The van der Waals surface area contributed by atoms with Gasteiger partial charge in [-0.3, -0.25) is 0 Å². The van der Waals surface area contributed by atoms with E-state index >= 15 is 0 Å². The van der Waals surface area contributed by atoms with Gasteiger partial charge in [0.2, 0.25) is 10.0 Å². The largest absolute Gasteiger partial charge is 0.396 e. The van der Waals surface area contributed by atoms with Crippen molar-refractivity contribution in [1.82, 2.24) is 4.72 Å². The van der Waals surface area contributed by atoms with E-state index in [1.807, 2.05) is 0 Å². The summed E-state index contributed by atoms with van der Waals surface area (Å²) in [6, 6.07) is 3.33. The molecule has 1 aromatic rings. The fraction of sp³-hybridized carbons (Fsp3) is 0.714. The van der Waals surface area contributed by atoms with Gasteiger partial charge >= 0.3 is 0 Å². The predicted octanol–water partition coefficient (Wildman–Crippen LogP) is 1.91. The van der Waals surface area contributed by atoms with Crippen LogP contribution in [-0.2, 0) is 21.2 Å². The Morgan fingerprint density at radius 2 is 2.05 bits per heavy atom. The van der Waals surface area contributed by atoms with Crippen LogP contribution < -0.4 is 4.72 Å². The van der Waals surface area contributed by atoms with E-state index in [-0.39, 0.29) is 6.61 Å². The van der Waals surface area contributed by atoms with E-state index in [1.165, 1.54) is 30.6 Å². The van der Waals surface area contributed by atoms with Crippen molar-refractivity contribution in [2.45, 2.75) is 48.8 Å². The van der Waals surface area contributed by atoms with Gasteiger partial charge in [0.15, 0.2) is 0 Å². The van der Waals surface area contributed by atoms with Gasteiger partial charge in [-0.2, -0.15) is 0 Å². The molecule has 0 spiro atoms. The minimum atomic E-state index is -3.45. The highest BCUT2D eigenvalue weighted by atomic mass is 32.2. The lowest BCUT2D eigenvalue weighted by Gasteiger charge is -2.21.